The summed E-state index contributed by atoms with van der Waals surface area (Å²) in [6, 6.07) is 18.1. The number of amides is 2. The zero-order valence-corrected chi connectivity index (χ0v) is 26.6. The van der Waals surface area contributed by atoms with Gasteiger partial charge in [0.05, 0.1) is 6.54 Å². The molecule has 230 valence electrons. The maximum atomic E-state index is 13.4. The van der Waals surface area contributed by atoms with Gasteiger partial charge in [0.25, 0.3) is 5.91 Å². The smallest absolute Gasteiger partial charge is 0.255 e. The van der Waals surface area contributed by atoms with Crippen molar-refractivity contribution >= 4 is 34.8 Å². The van der Waals surface area contributed by atoms with Gasteiger partial charge in [-0.25, -0.2) is 4.99 Å². The third kappa shape index (κ3) is 6.09. The molecule has 0 spiro atoms. The molecule has 8 nitrogen and oxygen atoms in total. The second kappa shape index (κ2) is 12.1. The third-order valence-corrected chi connectivity index (χ3v) is 9.50. The number of nitrogens with one attached hydrogen (secondary N) is 3. The van der Waals surface area contributed by atoms with Crippen LogP contribution in [0.2, 0.25) is 0 Å². The number of fused-ring (bicyclic) bond motifs is 2. The van der Waals surface area contributed by atoms with Crippen molar-refractivity contribution in [2.24, 2.45) is 10.9 Å². The van der Waals surface area contributed by atoms with Gasteiger partial charge in [-0.2, -0.15) is 0 Å². The van der Waals surface area contributed by atoms with E-state index in [2.05, 4.69) is 66.7 Å². The van der Waals surface area contributed by atoms with Crippen molar-refractivity contribution in [1.82, 2.24) is 10.2 Å². The monoisotopic (exact) mass is 592 g/mol. The number of anilines is 3. The lowest BCUT2D eigenvalue weighted by molar-refractivity contribution is -0.116. The van der Waals surface area contributed by atoms with Gasteiger partial charge in [-0.3, -0.25) is 9.59 Å². The molecule has 3 N–H and O–H groups in total. The summed E-state index contributed by atoms with van der Waals surface area (Å²) in [6.45, 7) is 15.9. The molecule has 3 aliphatic heterocycles. The number of piperidine rings is 1. The van der Waals surface area contributed by atoms with E-state index in [4.69, 9.17) is 4.99 Å². The molecule has 0 radical (unpaired) electrons. The Balaban J connectivity index is 1.13. The Labute approximate surface area is 260 Å². The Kier molecular flexibility index (Phi) is 8.20. The largest absolute Gasteiger partial charge is 0.356 e. The van der Waals surface area contributed by atoms with Crippen LogP contribution in [0.5, 0.6) is 0 Å². The van der Waals surface area contributed by atoms with E-state index < -0.39 is 0 Å². The van der Waals surface area contributed by atoms with Crippen molar-refractivity contribution in [3.8, 4) is 11.1 Å². The van der Waals surface area contributed by atoms with E-state index in [1.165, 1.54) is 25.9 Å². The lowest BCUT2D eigenvalue weighted by Crippen LogP contribution is -2.41. The molecular weight excluding hydrogens is 548 g/mol. The molecule has 44 heavy (non-hydrogen) atoms. The van der Waals surface area contributed by atoms with E-state index in [1.807, 2.05) is 36.4 Å². The number of nitrogens with zero attached hydrogens (tertiary/aromatic N) is 3. The van der Waals surface area contributed by atoms with Gasteiger partial charge in [0.1, 0.15) is 0 Å². The number of rotatable bonds is 6. The Morgan fingerprint density at radius 2 is 1.84 bits per heavy atom. The van der Waals surface area contributed by atoms with Crippen molar-refractivity contribution in [2.45, 2.75) is 59.4 Å². The average molecular weight is 593 g/mol. The highest BCUT2D eigenvalue weighted by Crippen LogP contribution is 2.42. The van der Waals surface area contributed by atoms with Crippen molar-refractivity contribution in [3.63, 3.8) is 0 Å². The number of aryl methyl sites for hydroxylation is 1. The molecule has 0 unspecified atom stereocenters. The summed E-state index contributed by atoms with van der Waals surface area (Å²) in [5, 5.41) is 10.1. The number of carbonyl (C=O) groups excluding carboxylic acids is 2. The van der Waals surface area contributed by atoms with Crippen LogP contribution in [-0.4, -0.2) is 55.4 Å². The Hall–Kier alpha value is -4.17. The van der Waals surface area contributed by atoms with Crippen molar-refractivity contribution in [2.75, 3.05) is 48.3 Å². The van der Waals surface area contributed by atoms with Gasteiger partial charge in [-0.1, -0.05) is 39.0 Å². The fourth-order valence-corrected chi connectivity index (χ4v) is 6.72. The van der Waals surface area contributed by atoms with E-state index >= 15 is 0 Å². The molecule has 8 heteroatoms. The van der Waals surface area contributed by atoms with Crippen molar-refractivity contribution in [3.05, 3.63) is 76.9 Å². The normalized spacial score (nSPS) is 17.8. The van der Waals surface area contributed by atoms with Crippen molar-refractivity contribution < 1.29 is 9.59 Å². The van der Waals surface area contributed by atoms with Gasteiger partial charge in [0.2, 0.25) is 5.91 Å². The van der Waals surface area contributed by atoms with Crippen LogP contribution in [0.4, 0.5) is 17.1 Å². The van der Waals surface area contributed by atoms with E-state index in [0.29, 0.717) is 30.3 Å². The molecular formula is C36H44N6O2. The highest BCUT2D eigenvalue weighted by atomic mass is 16.2. The number of hydrogen-bond acceptors (Lipinski definition) is 6. The minimum atomic E-state index is -0.182. The molecule has 0 atom stereocenters. The lowest BCUT2D eigenvalue weighted by Gasteiger charge is -2.31. The number of likely N-dealkylation sites (tertiary alicyclic amines) is 1. The van der Waals surface area contributed by atoms with E-state index in [9.17, 15) is 9.59 Å². The molecule has 0 bridgehead atoms. The zero-order valence-electron chi connectivity index (χ0n) is 26.6. The fraction of sp³-hybridized carbons (Fsp3) is 0.417. The minimum Gasteiger partial charge on any atom is -0.356 e. The van der Waals surface area contributed by atoms with Crippen molar-refractivity contribution in [1.29, 1.82) is 0 Å². The van der Waals surface area contributed by atoms with E-state index in [1.54, 1.807) is 11.8 Å². The highest BCUT2D eigenvalue weighted by molar-refractivity contribution is 6.06. The summed E-state index contributed by atoms with van der Waals surface area (Å²) < 4.78 is 0. The highest BCUT2D eigenvalue weighted by Gasteiger charge is 2.37. The van der Waals surface area contributed by atoms with Gasteiger partial charge in [-0.15, -0.1) is 0 Å². The number of aliphatic imine (C=N–C) groups is 1. The molecule has 1 saturated heterocycles. The van der Waals surface area contributed by atoms with Crippen LogP contribution in [0.3, 0.4) is 0 Å². The number of benzene rings is 3. The molecule has 1 fully saturated rings. The number of carbonyl (C=O) groups is 2. The first-order valence-electron chi connectivity index (χ1n) is 15.9. The first-order chi connectivity index (χ1) is 21.1. The molecule has 3 aromatic carbocycles. The predicted molar refractivity (Wildman–Crippen MR) is 180 cm³/mol. The van der Waals surface area contributed by atoms with Gasteiger partial charge in [-0.05, 0) is 110 Å². The maximum Gasteiger partial charge on any atom is 0.255 e. The van der Waals surface area contributed by atoms with Gasteiger partial charge >= 0.3 is 0 Å². The van der Waals surface area contributed by atoms with Crippen LogP contribution in [0.1, 0.15) is 67.6 Å². The second-order valence-electron chi connectivity index (χ2n) is 13.1. The van der Waals surface area contributed by atoms with Crippen LogP contribution in [-0.2, 0) is 16.8 Å². The number of hydrogen-bond donors (Lipinski definition) is 3. The minimum absolute atomic E-state index is 0.00458. The molecule has 0 saturated carbocycles. The second-order valence-corrected chi connectivity index (χ2v) is 13.1. The maximum absolute atomic E-state index is 13.4. The molecule has 2 amide bonds. The Morgan fingerprint density at radius 3 is 2.59 bits per heavy atom. The summed E-state index contributed by atoms with van der Waals surface area (Å²) in [5.41, 5.74) is 8.49. The lowest BCUT2D eigenvalue weighted by atomic mass is 9.87. The van der Waals surface area contributed by atoms with Crippen LogP contribution in [0.15, 0.2) is 59.6 Å². The van der Waals surface area contributed by atoms with E-state index in [0.717, 1.165) is 58.2 Å². The molecule has 6 rings (SSSR count). The SMILES string of the molecule is CCN1CCC(CNC2=NCc3cc(-c4cc(C(=O)Nc5ccc6c(c5)N(C(C)=O)CC6(C)C)ccc4C)ccc3N2)CC1. The molecule has 3 aliphatic rings. The average Bonchev–Trinajstić information content (AvgIpc) is 3.30. The number of guanidine groups is 1. The molecule has 3 heterocycles. The van der Waals surface area contributed by atoms with Crippen LogP contribution in [0, 0.1) is 12.8 Å². The molecule has 0 aromatic heterocycles. The van der Waals surface area contributed by atoms with Crippen LogP contribution in [0.25, 0.3) is 11.1 Å². The standard InChI is InChI=1S/C36H44N6O2/c1-6-41-15-13-25(14-16-41)20-37-35-38-21-28-17-26(9-12-32(28)40-35)30-18-27(8-7-23(30)2)34(44)39-29-10-11-31-33(19-29)42(24(3)43)22-36(31,4)5/h7-12,17-19,25H,6,13-16,20-22H2,1-5H3,(H,39,44)(H2,37,38,40). The molecule has 3 aromatic rings. The predicted octanol–water partition coefficient (Wildman–Crippen LogP) is 6.16. The zero-order chi connectivity index (χ0) is 31.0. The first kappa shape index (κ1) is 29.9. The van der Waals surface area contributed by atoms with E-state index in [-0.39, 0.29) is 17.2 Å². The third-order valence-electron chi connectivity index (χ3n) is 9.50. The Bertz CT molecular complexity index is 1620. The van der Waals surface area contributed by atoms with Crippen LogP contribution >= 0.6 is 0 Å². The fourth-order valence-electron chi connectivity index (χ4n) is 6.72. The Morgan fingerprint density at radius 1 is 1.05 bits per heavy atom. The summed E-state index contributed by atoms with van der Waals surface area (Å²) in [7, 11) is 0. The van der Waals surface area contributed by atoms with Gasteiger partial charge < -0.3 is 25.8 Å². The van der Waals surface area contributed by atoms with Gasteiger partial charge in [0, 0.05) is 48.1 Å². The summed E-state index contributed by atoms with van der Waals surface area (Å²) in [6.07, 6.45) is 2.46. The molecule has 0 aliphatic carbocycles. The quantitative estimate of drug-likeness (QED) is 0.319. The summed E-state index contributed by atoms with van der Waals surface area (Å²) in [4.78, 5) is 34.8. The first-order valence-corrected chi connectivity index (χ1v) is 15.9. The summed E-state index contributed by atoms with van der Waals surface area (Å²) >= 11 is 0. The topological polar surface area (TPSA) is 89.1 Å². The van der Waals surface area contributed by atoms with Crippen LogP contribution < -0.4 is 20.9 Å². The summed E-state index contributed by atoms with van der Waals surface area (Å²) in [5.74, 6) is 1.35. The van der Waals surface area contributed by atoms with Gasteiger partial charge in [0.15, 0.2) is 5.96 Å².